The lowest BCUT2D eigenvalue weighted by molar-refractivity contribution is -0.134. The van der Waals surface area contributed by atoms with Crippen molar-refractivity contribution in [3.05, 3.63) is 78.1 Å². The van der Waals surface area contributed by atoms with E-state index in [0.29, 0.717) is 13.1 Å². The summed E-state index contributed by atoms with van der Waals surface area (Å²) in [6.07, 6.45) is 1.47. The Hall–Kier alpha value is -3.06. The Bertz CT molecular complexity index is 805. The normalized spacial score (nSPS) is 15.2. The third-order valence-corrected chi connectivity index (χ3v) is 4.95. The summed E-state index contributed by atoms with van der Waals surface area (Å²) in [7, 11) is 0. The summed E-state index contributed by atoms with van der Waals surface area (Å²) >= 11 is 0. The molecular formula is C20H22N6O. The van der Waals surface area contributed by atoms with Gasteiger partial charge in [-0.15, -0.1) is 5.10 Å². The predicted octanol–water partition coefficient (Wildman–Crippen LogP) is 1.61. The zero-order chi connectivity index (χ0) is 18.5. The van der Waals surface area contributed by atoms with Gasteiger partial charge in [0.1, 0.15) is 12.9 Å². The summed E-state index contributed by atoms with van der Waals surface area (Å²) in [5.41, 5.74) is 2.55. The van der Waals surface area contributed by atoms with E-state index < -0.39 is 0 Å². The average molecular weight is 362 g/mol. The van der Waals surface area contributed by atoms with Gasteiger partial charge in [0.25, 0.3) is 0 Å². The van der Waals surface area contributed by atoms with Gasteiger partial charge in [0.05, 0.1) is 6.04 Å². The van der Waals surface area contributed by atoms with Crippen LogP contribution < -0.4 is 0 Å². The van der Waals surface area contributed by atoms with Crippen molar-refractivity contribution in [3.63, 3.8) is 0 Å². The second-order valence-corrected chi connectivity index (χ2v) is 6.65. The molecule has 0 spiro atoms. The first kappa shape index (κ1) is 17.4. The fourth-order valence-corrected chi connectivity index (χ4v) is 3.61. The molecule has 3 aromatic rings. The number of amides is 1. The topological polar surface area (TPSA) is 67.2 Å². The van der Waals surface area contributed by atoms with Gasteiger partial charge < -0.3 is 4.90 Å². The van der Waals surface area contributed by atoms with Crippen LogP contribution in [-0.4, -0.2) is 62.1 Å². The summed E-state index contributed by atoms with van der Waals surface area (Å²) in [4.78, 5) is 16.8. The van der Waals surface area contributed by atoms with Crippen molar-refractivity contribution in [3.8, 4) is 0 Å². The van der Waals surface area contributed by atoms with Crippen LogP contribution in [-0.2, 0) is 11.3 Å². The van der Waals surface area contributed by atoms with E-state index in [1.165, 1.54) is 22.1 Å². The highest BCUT2D eigenvalue weighted by Crippen LogP contribution is 2.29. The third kappa shape index (κ3) is 4.03. The van der Waals surface area contributed by atoms with Crippen molar-refractivity contribution in [1.29, 1.82) is 0 Å². The van der Waals surface area contributed by atoms with E-state index in [2.05, 4.69) is 69.0 Å². The van der Waals surface area contributed by atoms with Gasteiger partial charge in [0.15, 0.2) is 0 Å². The number of benzene rings is 2. The molecule has 4 rings (SSSR count). The van der Waals surface area contributed by atoms with Gasteiger partial charge in [-0.2, -0.15) is 0 Å². The number of carbonyl (C=O) groups is 1. The number of nitrogens with zero attached hydrogens (tertiary/aromatic N) is 6. The maximum Gasteiger partial charge on any atom is 0.244 e. The second kappa shape index (κ2) is 8.09. The number of hydrogen-bond donors (Lipinski definition) is 0. The Labute approximate surface area is 158 Å². The van der Waals surface area contributed by atoms with Crippen LogP contribution in [0.1, 0.15) is 17.2 Å². The van der Waals surface area contributed by atoms with Crippen molar-refractivity contribution in [2.75, 3.05) is 26.2 Å². The molecule has 0 unspecified atom stereocenters. The van der Waals surface area contributed by atoms with Crippen LogP contribution in [0.5, 0.6) is 0 Å². The number of rotatable bonds is 5. The Balaban J connectivity index is 1.46. The molecule has 0 N–H and O–H groups in total. The van der Waals surface area contributed by atoms with Crippen LogP contribution in [0.3, 0.4) is 0 Å². The summed E-state index contributed by atoms with van der Waals surface area (Å²) in [6, 6.07) is 21.3. The van der Waals surface area contributed by atoms with Crippen molar-refractivity contribution >= 4 is 5.91 Å². The third-order valence-electron chi connectivity index (χ3n) is 4.95. The Morgan fingerprint density at radius 3 is 2.00 bits per heavy atom. The van der Waals surface area contributed by atoms with E-state index in [9.17, 15) is 4.79 Å². The quantitative estimate of drug-likeness (QED) is 0.690. The molecule has 7 nitrogen and oxygen atoms in total. The molecule has 0 aliphatic carbocycles. The van der Waals surface area contributed by atoms with Gasteiger partial charge in [-0.3, -0.25) is 9.69 Å². The van der Waals surface area contributed by atoms with Crippen molar-refractivity contribution in [2.24, 2.45) is 0 Å². The van der Waals surface area contributed by atoms with Crippen LogP contribution in [0.15, 0.2) is 67.0 Å². The molecule has 0 atom stereocenters. The van der Waals surface area contributed by atoms with E-state index >= 15 is 0 Å². The molecule has 138 valence electrons. The van der Waals surface area contributed by atoms with Gasteiger partial charge in [0, 0.05) is 26.2 Å². The number of piperazine rings is 1. The average Bonchev–Trinajstić information content (AvgIpc) is 3.23. The number of hydrogen-bond acceptors (Lipinski definition) is 5. The zero-order valence-corrected chi connectivity index (χ0v) is 15.1. The molecule has 0 saturated carbocycles. The molecule has 1 fully saturated rings. The summed E-state index contributed by atoms with van der Waals surface area (Å²) in [6.45, 7) is 3.26. The second-order valence-electron chi connectivity index (χ2n) is 6.65. The number of tetrazole rings is 1. The molecule has 27 heavy (non-hydrogen) atoms. The number of carbonyl (C=O) groups excluding carboxylic acids is 1. The van der Waals surface area contributed by atoms with Gasteiger partial charge in [-0.25, -0.2) is 4.68 Å². The first-order valence-corrected chi connectivity index (χ1v) is 9.14. The van der Waals surface area contributed by atoms with Gasteiger partial charge in [-0.1, -0.05) is 60.7 Å². The fraction of sp³-hybridized carbons (Fsp3) is 0.300. The maximum atomic E-state index is 12.5. The lowest BCUT2D eigenvalue weighted by Crippen LogP contribution is -2.50. The van der Waals surface area contributed by atoms with E-state index in [1.54, 1.807) is 0 Å². The zero-order valence-electron chi connectivity index (χ0n) is 15.1. The molecule has 0 radical (unpaired) electrons. The highest BCUT2D eigenvalue weighted by molar-refractivity contribution is 5.76. The molecule has 1 aliphatic heterocycles. The van der Waals surface area contributed by atoms with Gasteiger partial charge in [0.2, 0.25) is 5.91 Å². The Kier molecular flexibility index (Phi) is 5.20. The van der Waals surface area contributed by atoms with Crippen LogP contribution in [0.4, 0.5) is 0 Å². The molecule has 7 heteroatoms. The summed E-state index contributed by atoms with van der Waals surface area (Å²) < 4.78 is 1.46. The lowest BCUT2D eigenvalue weighted by atomic mass is 9.96. The lowest BCUT2D eigenvalue weighted by Gasteiger charge is -2.39. The van der Waals surface area contributed by atoms with Gasteiger partial charge in [-0.05, 0) is 21.6 Å². The molecule has 2 aromatic carbocycles. The first-order valence-electron chi connectivity index (χ1n) is 9.14. The Morgan fingerprint density at radius 1 is 0.889 bits per heavy atom. The van der Waals surface area contributed by atoms with E-state index in [-0.39, 0.29) is 18.5 Å². The van der Waals surface area contributed by atoms with Gasteiger partial charge >= 0.3 is 0 Å². The number of aromatic nitrogens is 4. The minimum Gasteiger partial charge on any atom is -0.339 e. The molecule has 1 aromatic heterocycles. The van der Waals surface area contributed by atoms with E-state index in [0.717, 1.165) is 13.1 Å². The molecule has 1 amide bonds. The largest absolute Gasteiger partial charge is 0.339 e. The monoisotopic (exact) mass is 362 g/mol. The SMILES string of the molecule is O=C(Cn1cnnn1)N1CCN(C(c2ccccc2)c2ccccc2)CC1. The van der Waals surface area contributed by atoms with Crippen LogP contribution in [0.25, 0.3) is 0 Å². The minimum absolute atomic E-state index is 0.0536. The van der Waals surface area contributed by atoms with E-state index in [1.807, 2.05) is 17.0 Å². The van der Waals surface area contributed by atoms with Crippen molar-refractivity contribution in [1.82, 2.24) is 30.0 Å². The summed E-state index contributed by atoms with van der Waals surface area (Å²) in [5.74, 6) is 0.0536. The van der Waals surface area contributed by atoms with Crippen LogP contribution in [0, 0.1) is 0 Å². The van der Waals surface area contributed by atoms with Crippen molar-refractivity contribution in [2.45, 2.75) is 12.6 Å². The molecule has 2 heterocycles. The Morgan fingerprint density at radius 2 is 1.48 bits per heavy atom. The molecule has 1 saturated heterocycles. The van der Waals surface area contributed by atoms with Crippen LogP contribution in [0.2, 0.25) is 0 Å². The predicted molar refractivity (Wildman–Crippen MR) is 101 cm³/mol. The minimum atomic E-state index is 0.0536. The summed E-state index contributed by atoms with van der Waals surface area (Å²) in [5, 5.41) is 10.9. The van der Waals surface area contributed by atoms with Crippen LogP contribution >= 0.6 is 0 Å². The van der Waals surface area contributed by atoms with E-state index in [4.69, 9.17) is 0 Å². The maximum absolute atomic E-state index is 12.5. The molecule has 0 bridgehead atoms. The van der Waals surface area contributed by atoms with Crippen molar-refractivity contribution < 1.29 is 4.79 Å². The molecular weight excluding hydrogens is 340 g/mol. The smallest absolute Gasteiger partial charge is 0.244 e. The standard InChI is InChI=1S/C20H22N6O/c27-19(15-26-16-21-22-23-26)24-11-13-25(14-12-24)20(17-7-3-1-4-8-17)18-9-5-2-6-10-18/h1-10,16,20H,11-15H2. The fourth-order valence-electron chi connectivity index (χ4n) is 3.61. The molecule has 1 aliphatic rings. The highest BCUT2D eigenvalue weighted by atomic mass is 16.2. The highest BCUT2D eigenvalue weighted by Gasteiger charge is 2.28. The first-order chi connectivity index (χ1) is 13.3.